The van der Waals surface area contributed by atoms with Crippen LogP contribution in [-0.2, 0) is 6.54 Å². The molecule has 1 aromatic heterocycles. The molecule has 2 heteroatoms. The topological polar surface area (TPSA) is 16.1 Å². The molecule has 1 aliphatic heterocycles. The van der Waals surface area contributed by atoms with E-state index >= 15 is 0 Å². The molecular formula is C24H26N2. The van der Waals surface area contributed by atoms with Crippen LogP contribution in [-0.4, -0.2) is 23.0 Å². The zero-order valence-corrected chi connectivity index (χ0v) is 15.4. The Labute approximate surface area is 156 Å². The van der Waals surface area contributed by atoms with Gasteiger partial charge >= 0.3 is 0 Å². The van der Waals surface area contributed by atoms with Gasteiger partial charge < -0.3 is 0 Å². The van der Waals surface area contributed by atoms with Gasteiger partial charge in [0.15, 0.2) is 0 Å². The normalized spacial score (nSPS) is 15.9. The van der Waals surface area contributed by atoms with Gasteiger partial charge in [-0.15, -0.1) is 0 Å². The summed E-state index contributed by atoms with van der Waals surface area (Å²) in [4.78, 5) is 7.13. The van der Waals surface area contributed by atoms with Crippen molar-refractivity contribution >= 4 is 0 Å². The Kier molecular flexibility index (Phi) is 5.12. The van der Waals surface area contributed by atoms with Gasteiger partial charge in [-0.2, -0.15) is 0 Å². The van der Waals surface area contributed by atoms with Crippen LogP contribution in [0.1, 0.15) is 25.5 Å². The van der Waals surface area contributed by atoms with Crippen LogP contribution < -0.4 is 0 Å². The first-order chi connectivity index (χ1) is 12.8. The van der Waals surface area contributed by atoms with Crippen LogP contribution in [0.4, 0.5) is 0 Å². The second-order valence-electron chi connectivity index (χ2n) is 7.44. The van der Waals surface area contributed by atoms with E-state index in [0.717, 1.165) is 12.5 Å². The number of hydrogen-bond donors (Lipinski definition) is 0. The lowest BCUT2D eigenvalue weighted by Crippen LogP contribution is -2.32. The Hall–Kier alpha value is -2.45. The van der Waals surface area contributed by atoms with Crippen molar-refractivity contribution in [3.63, 3.8) is 0 Å². The highest BCUT2D eigenvalue weighted by atomic mass is 15.1. The first-order valence-electron chi connectivity index (χ1n) is 9.61. The average molecular weight is 342 g/mol. The van der Waals surface area contributed by atoms with Gasteiger partial charge in [0.2, 0.25) is 0 Å². The Bertz CT molecular complexity index is 832. The van der Waals surface area contributed by atoms with Crippen LogP contribution >= 0.6 is 0 Å². The zero-order valence-electron chi connectivity index (χ0n) is 15.4. The molecular weight excluding hydrogens is 316 g/mol. The molecule has 0 atom stereocenters. The number of benzene rings is 2. The second kappa shape index (κ2) is 7.84. The van der Waals surface area contributed by atoms with Crippen molar-refractivity contribution in [1.29, 1.82) is 0 Å². The fourth-order valence-electron chi connectivity index (χ4n) is 3.68. The van der Waals surface area contributed by atoms with Gasteiger partial charge in [-0.05, 0) is 66.2 Å². The molecule has 1 saturated heterocycles. The van der Waals surface area contributed by atoms with E-state index in [2.05, 4.69) is 83.5 Å². The highest BCUT2D eigenvalue weighted by Crippen LogP contribution is 2.25. The maximum atomic E-state index is 4.60. The molecule has 2 aromatic carbocycles. The monoisotopic (exact) mass is 342 g/mol. The van der Waals surface area contributed by atoms with Crippen molar-refractivity contribution in [3.8, 4) is 22.3 Å². The van der Waals surface area contributed by atoms with E-state index in [9.17, 15) is 0 Å². The van der Waals surface area contributed by atoms with Crippen LogP contribution in [0, 0.1) is 5.92 Å². The summed E-state index contributed by atoms with van der Waals surface area (Å²) in [5.74, 6) is 0.869. The van der Waals surface area contributed by atoms with Crippen molar-refractivity contribution in [1.82, 2.24) is 9.88 Å². The first kappa shape index (κ1) is 17.0. The third-order valence-corrected chi connectivity index (χ3v) is 5.40. The van der Waals surface area contributed by atoms with Crippen molar-refractivity contribution in [3.05, 3.63) is 78.6 Å². The first-order valence-corrected chi connectivity index (χ1v) is 9.61. The SMILES string of the molecule is CC1CCN(Cc2cc(-c3ccc(-c4ccccc4)cc3)ccn2)CC1. The molecule has 0 amide bonds. The smallest absolute Gasteiger partial charge is 0.0550 e. The lowest BCUT2D eigenvalue weighted by Gasteiger charge is -2.29. The van der Waals surface area contributed by atoms with Gasteiger partial charge in [0, 0.05) is 12.7 Å². The van der Waals surface area contributed by atoms with Gasteiger partial charge in [0.05, 0.1) is 5.69 Å². The van der Waals surface area contributed by atoms with Gasteiger partial charge in [-0.25, -0.2) is 0 Å². The molecule has 2 heterocycles. The van der Waals surface area contributed by atoms with Crippen LogP contribution in [0.2, 0.25) is 0 Å². The highest BCUT2D eigenvalue weighted by molar-refractivity contribution is 5.70. The summed E-state index contributed by atoms with van der Waals surface area (Å²) >= 11 is 0. The summed E-state index contributed by atoms with van der Waals surface area (Å²) in [6.07, 6.45) is 4.56. The minimum Gasteiger partial charge on any atom is -0.297 e. The Morgan fingerprint density at radius 3 is 2.12 bits per heavy atom. The number of aromatic nitrogens is 1. The zero-order chi connectivity index (χ0) is 17.8. The summed E-state index contributed by atoms with van der Waals surface area (Å²) < 4.78 is 0. The van der Waals surface area contributed by atoms with E-state index in [1.807, 2.05) is 6.20 Å². The third kappa shape index (κ3) is 4.03. The number of likely N-dealkylation sites (tertiary alicyclic amines) is 1. The van der Waals surface area contributed by atoms with E-state index < -0.39 is 0 Å². The van der Waals surface area contributed by atoms with E-state index in [4.69, 9.17) is 0 Å². The number of hydrogen-bond acceptors (Lipinski definition) is 2. The quantitative estimate of drug-likeness (QED) is 0.609. The molecule has 4 rings (SSSR count). The van der Waals surface area contributed by atoms with Crippen molar-refractivity contribution < 1.29 is 0 Å². The molecule has 0 unspecified atom stereocenters. The maximum absolute atomic E-state index is 4.60. The molecule has 0 radical (unpaired) electrons. The maximum Gasteiger partial charge on any atom is 0.0550 e. The minimum absolute atomic E-state index is 0.869. The summed E-state index contributed by atoms with van der Waals surface area (Å²) in [6.45, 7) is 5.70. The summed E-state index contributed by atoms with van der Waals surface area (Å²) in [7, 11) is 0. The predicted molar refractivity (Wildman–Crippen MR) is 109 cm³/mol. The van der Waals surface area contributed by atoms with Crippen molar-refractivity contribution in [2.45, 2.75) is 26.3 Å². The molecule has 0 aliphatic carbocycles. The highest BCUT2D eigenvalue weighted by Gasteiger charge is 2.16. The standard InChI is InChI=1S/C24H26N2/c1-19-12-15-26(16-13-19)18-24-17-23(11-14-25-24)22-9-7-21(8-10-22)20-5-3-2-4-6-20/h2-11,14,17,19H,12-13,15-16,18H2,1H3. The van der Waals surface area contributed by atoms with Gasteiger partial charge in [-0.3, -0.25) is 9.88 Å². The van der Waals surface area contributed by atoms with Crippen LogP contribution in [0.15, 0.2) is 72.9 Å². The Morgan fingerprint density at radius 1 is 0.808 bits per heavy atom. The van der Waals surface area contributed by atoms with Crippen molar-refractivity contribution in [2.75, 3.05) is 13.1 Å². The fraction of sp³-hybridized carbons (Fsp3) is 0.292. The third-order valence-electron chi connectivity index (χ3n) is 5.40. The molecule has 1 fully saturated rings. The summed E-state index contributed by atoms with van der Waals surface area (Å²) in [5, 5.41) is 0. The molecule has 0 spiro atoms. The molecule has 132 valence electrons. The average Bonchev–Trinajstić information content (AvgIpc) is 2.71. The van der Waals surface area contributed by atoms with E-state index in [-0.39, 0.29) is 0 Å². The van der Waals surface area contributed by atoms with E-state index in [0.29, 0.717) is 0 Å². The molecule has 0 N–H and O–H groups in total. The number of pyridine rings is 1. The van der Waals surface area contributed by atoms with Crippen LogP contribution in [0.25, 0.3) is 22.3 Å². The van der Waals surface area contributed by atoms with E-state index in [1.165, 1.54) is 53.9 Å². The number of rotatable bonds is 4. The fourth-order valence-corrected chi connectivity index (χ4v) is 3.68. The minimum atomic E-state index is 0.869. The van der Waals surface area contributed by atoms with E-state index in [1.54, 1.807) is 0 Å². The lowest BCUT2D eigenvalue weighted by atomic mass is 9.98. The summed E-state index contributed by atoms with van der Waals surface area (Å²) in [6, 6.07) is 23.7. The largest absolute Gasteiger partial charge is 0.297 e. The predicted octanol–water partition coefficient (Wildman–Crippen LogP) is 5.65. The molecule has 26 heavy (non-hydrogen) atoms. The summed E-state index contributed by atoms with van der Waals surface area (Å²) in [5.41, 5.74) is 6.18. The Morgan fingerprint density at radius 2 is 1.42 bits per heavy atom. The number of piperidine rings is 1. The van der Waals surface area contributed by atoms with Crippen LogP contribution in [0.5, 0.6) is 0 Å². The Balaban J connectivity index is 1.49. The van der Waals surface area contributed by atoms with Gasteiger partial charge in [-0.1, -0.05) is 61.5 Å². The lowest BCUT2D eigenvalue weighted by molar-refractivity contribution is 0.183. The second-order valence-corrected chi connectivity index (χ2v) is 7.44. The molecule has 0 saturated carbocycles. The van der Waals surface area contributed by atoms with Gasteiger partial charge in [0.25, 0.3) is 0 Å². The molecule has 1 aliphatic rings. The molecule has 0 bridgehead atoms. The molecule has 2 nitrogen and oxygen atoms in total. The number of nitrogens with zero attached hydrogens (tertiary/aromatic N) is 2. The van der Waals surface area contributed by atoms with Gasteiger partial charge in [0.1, 0.15) is 0 Å². The van der Waals surface area contributed by atoms with Crippen molar-refractivity contribution in [2.24, 2.45) is 5.92 Å². The molecule has 3 aromatic rings. The van der Waals surface area contributed by atoms with Crippen LogP contribution in [0.3, 0.4) is 0 Å².